The van der Waals surface area contributed by atoms with Crippen LogP contribution in [0.1, 0.15) is 48.1 Å². The normalized spacial score (nSPS) is 21.0. The van der Waals surface area contributed by atoms with Crippen molar-refractivity contribution in [2.45, 2.75) is 18.0 Å². The summed E-state index contributed by atoms with van der Waals surface area (Å²) in [5.74, 6) is -1.66. The third-order valence-corrected chi connectivity index (χ3v) is 9.19. The number of anilines is 1. The fraction of sp³-hybridized carbons (Fsp3) is 0.171. The Hall–Kier alpha value is -4.75. The Morgan fingerprint density at radius 1 is 0.884 bits per heavy atom. The smallest absolute Gasteiger partial charge is 0.185 e. The zero-order chi connectivity index (χ0) is 30.0. The molecule has 1 aliphatic carbocycles. The maximum atomic E-state index is 14.8. The maximum absolute atomic E-state index is 14.8. The summed E-state index contributed by atoms with van der Waals surface area (Å²) in [7, 11) is 3.02. The summed E-state index contributed by atoms with van der Waals surface area (Å²) in [6, 6.07) is 20.8. The average molecular weight is 594 g/mol. The first-order valence-electron chi connectivity index (χ1n) is 13.8. The van der Waals surface area contributed by atoms with E-state index in [1.807, 2.05) is 4.90 Å². The molecule has 1 spiro atoms. The van der Waals surface area contributed by atoms with E-state index in [4.69, 9.17) is 21.1 Å². The molecular formula is C35H25ClFNO5. The van der Waals surface area contributed by atoms with E-state index in [9.17, 15) is 18.8 Å². The van der Waals surface area contributed by atoms with E-state index >= 15 is 0 Å². The maximum Gasteiger partial charge on any atom is 0.185 e. The first kappa shape index (κ1) is 27.1. The molecule has 214 valence electrons. The monoisotopic (exact) mass is 593 g/mol. The van der Waals surface area contributed by atoms with Gasteiger partial charge in [-0.1, -0.05) is 48.0 Å². The fourth-order valence-corrected chi connectivity index (χ4v) is 7.28. The SMILES string of the molecule is COc1ccc(OC)c([C@H]2[C@@H](C(=O)c3ccc(Cl)cc3)N3c4ccc(F)cc4C=C[C@@H]3C23C(=O)c2ccccc2C3=O)c1. The Morgan fingerprint density at radius 2 is 1.58 bits per heavy atom. The molecule has 0 aromatic heterocycles. The molecule has 0 bridgehead atoms. The number of ether oxygens (including phenoxy) is 2. The van der Waals surface area contributed by atoms with Gasteiger partial charge in [0.2, 0.25) is 0 Å². The minimum absolute atomic E-state index is 0.303. The Morgan fingerprint density at radius 3 is 2.23 bits per heavy atom. The van der Waals surface area contributed by atoms with Gasteiger partial charge in [0, 0.05) is 44.4 Å². The van der Waals surface area contributed by atoms with Crippen LogP contribution in [-0.2, 0) is 0 Å². The molecule has 4 aromatic carbocycles. The van der Waals surface area contributed by atoms with E-state index in [1.54, 1.807) is 84.9 Å². The highest BCUT2D eigenvalue weighted by atomic mass is 35.5. The number of Topliss-reactive ketones (excluding diaryl/α,β-unsaturated/α-hetero) is 3. The largest absolute Gasteiger partial charge is 0.497 e. The van der Waals surface area contributed by atoms with Gasteiger partial charge in [-0.2, -0.15) is 0 Å². The van der Waals surface area contributed by atoms with Crippen molar-refractivity contribution >= 4 is 40.7 Å². The van der Waals surface area contributed by atoms with Crippen LogP contribution in [-0.4, -0.2) is 43.7 Å². The van der Waals surface area contributed by atoms with Gasteiger partial charge in [0.05, 0.1) is 20.3 Å². The lowest BCUT2D eigenvalue weighted by Crippen LogP contribution is -2.48. The Balaban J connectivity index is 1.58. The molecule has 1 fully saturated rings. The molecule has 0 amide bonds. The minimum Gasteiger partial charge on any atom is -0.497 e. The zero-order valence-electron chi connectivity index (χ0n) is 23.2. The Labute approximate surface area is 252 Å². The topological polar surface area (TPSA) is 72.9 Å². The highest BCUT2D eigenvalue weighted by Crippen LogP contribution is 2.62. The molecule has 2 aliphatic heterocycles. The van der Waals surface area contributed by atoms with Gasteiger partial charge in [-0.15, -0.1) is 0 Å². The Kier molecular flexibility index (Phi) is 6.25. The number of ketones is 3. The van der Waals surface area contributed by atoms with Gasteiger partial charge in [-0.3, -0.25) is 14.4 Å². The molecule has 4 aromatic rings. The molecule has 8 heteroatoms. The van der Waals surface area contributed by atoms with Gasteiger partial charge >= 0.3 is 0 Å². The van der Waals surface area contributed by atoms with Crippen LogP contribution in [0.5, 0.6) is 11.5 Å². The van der Waals surface area contributed by atoms with Crippen LogP contribution in [0.4, 0.5) is 10.1 Å². The van der Waals surface area contributed by atoms with Crippen molar-refractivity contribution in [1.82, 2.24) is 0 Å². The molecule has 2 heterocycles. The fourth-order valence-electron chi connectivity index (χ4n) is 7.16. The summed E-state index contributed by atoms with van der Waals surface area (Å²) in [6.07, 6.45) is 3.47. The van der Waals surface area contributed by atoms with Crippen LogP contribution < -0.4 is 14.4 Å². The van der Waals surface area contributed by atoms with E-state index in [0.717, 1.165) is 0 Å². The molecule has 1 saturated heterocycles. The molecular weight excluding hydrogens is 569 g/mol. The summed E-state index contributed by atoms with van der Waals surface area (Å²) >= 11 is 6.17. The van der Waals surface area contributed by atoms with Crippen molar-refractivity contribution in [3.63, 3.8) is 0 Å². The van der Waals surface area contributed by atoms with E-state index in [-0.39, 0.29) is 17.3 Å². The van der Waals surface area contributed by atoms with Crippen molar-refractivity contribution in [3.05, 3.63) is 130 Å². The summed E-state index contributed by atoms with van der Waals surface area (Å²) in [5.41, 5.74) is 0.782. The third kappa shape index (κ3) is 3.74. The van der Waals surface area contributed by atoms with Gasteiger partial charge in [-0.05, 0) is 60.7 Å². The first-order chi connectivity index (χ1) is 20.8. The second kappa shape index (κ2) is 9.92. The number of carbonyl (C=O) groups excluding carboxylic acids is 3. The molecule has 0 saturated carbocycles. The number of fused-ring (bicyclic) bond motifs is 5. The van der Waals surface area contributed by atoms with Gasteiger partial charge in [0.25, 0.3) is 0 Å². The number of rotatable bonds is 5. The van der Waals surface area contributed by atoms with Crippen LogP contribution in [0.25, 0.3) is 6.08 Å². The molecule has 0 N–H and O–H groups in total. The quantitative estimate of drug-likeness (QED) is 0.187. The predicted molar refractivity (Wildman–Crippen MR) is 161 cm³/mol. The number of benzene rings is 4. The number of methoxy groups -OCH3 is 2. The minimum atomic E-state index is -1.74. The van der Waals surface area contributed by atoms with Crippen LogP contribution >= 0.6 is 11.6 Å². The molecule has 7 rings (SSSR count). The van der Waals surface area contributed by atoms with Gasteiger partial charge in [0.1, 0.15) is 28.8 Å². The van der Waals surface area contributed by atoms with Crippen molar-refractivity contribution in [2.75, 3.05) is 19.1 Å². The average Bonchev–Trinajstić information content (AvgIpc) is 3.46. The van der Waals surface area contributed by atoms with Crippen molar-refractivity contribution < 1.29 is 28.2 Å². The number of hydrogen-bond acceptors (Lipinski definition) is 6. The van der Waals surface area contributed by atoms with E-state index in [1.165, 1.54) is 26.4 Å². The lowest BCUT2D eigenvalue weighted by molar-refractivity contribution is 0.0664. The highest BCUT2D eigenvalue weighted by molar-refractivity contribution is 6.32. The molecule has 3 aliphatic rings. The van der Waals surface area contributed by atoms with Crippen LogP contribution in [0.2, 0.25) is 5.02 Å². The summed E-state index contributed by atoms with van der Waals surface area (Å²) in [6.45, 7) is 0. The van der Waals surface area contributed by atoms with E-state index in [2.05, 4.69) is 0 Å². The van der Waals surface area contributed by atoms with Crippen LogP contribution in [0.15, 0.2) is 91.0 Å². The van der Waals surface area contributed by atoms with Crippen molar-refractivity contribution in [1.29, 1.82) is 0 Å². The van der Waals surface area contributed by atoms with Crippen molar-refractivity contribution in [2.24, 2.45) is 5.41 Å². The molecule has 6 nitrogen and oxygen atoms in total. The van der Waals surface area contributed by atoms with Gasteiger partial charge in [-0.25, -0.2) is 4.39 Å². The lowest BCUT2D eigenvalue weighted by atomic mass is 9.64. The number of hydrogen-bond donors (Lipinski definition) is 0. The number of nitrogens with zero attached hydrogens (tertiary/aromatic N) is 1. The zero-order valence-corrected chi connectivity index (χ0v) is 24.0. The summed E-state index contributed by atoms with van der Waals surface area (Å²) < 4.78 is 25.8. The van der Waals surface area contributed by atoms with Crippen molar-refractivity contribution in [3.8, 4) is 11.5 Å². The lowest BCUT2D eigenvalue weighted by Gasteiger charge is -2.37. The predicted octanol–water partition coefficient (Wildman–Crippen LogP) is 6.81. The molecule has 43 heavy (non-hydrogen) atoms. The second-order valence-corrected chi connectivity index (χ2v) is 11.3. The Bertz CT molecular complexity index is 1830. The second-order valence-electron chi connectivity index (χ2n) is 10.9. The first-order valence-corrected chi connectivity index (χ1v) is 14.2. The number of carbonyl (C=O) groups is 3. The molecule has 0 radical (unpaired) electrons. The standard InChI is InChI=1S/C35H25ClFNO5/c1-42-23-13-15-28(43-2)26(18-23)30-31(32(39)19-7-10-21(36)11-8-19)38-27-14-12-22(37)17-20(27)9-16-29(38)35(30)33(40)24-5-3-4-6-25(24)34(35)41/h3-18,29-31H,1-2H3/t29-,30+,31+/m1/s1. The van der Waals surface area contributed by atoms with E-state index in [0.29, 0.717) is 50.0 Å². The number of halogens is 2. The van der Waals surface area contributed by atoms with Crippen LogP contribution in [0.3, 0.4) is 0 Å². The third-order valence-electron chi connectivity index (χ3n) is 8.94. The summed E-state index contributed by atoms with van der Waals surface area (Å²) in [5, 5.41) is 0.460. The summed E-state index contributed by atoms with van der Waals surface area (Å²) in [4.78, 5) is 46.2. The molecule has 0 unspecified atom stereocenters. The van der Waals surface area contributed by atoms with Gasteiger partial charge < -0.3 is 14.4 Å². The van der Waals surface area contributed by atoms with E-state index < -0.39 is 29.2 Å². The van der Waals surface area contributed by atoms with Gasteiger partial charge in [0.15, 0.2) is 17.3 Å². The molecule has 3 atom stereocenters. The van der Waals surface area contributed by atoms with Crippen LogP contribution in [0, 0.1) is 11.2 Å². The highest BCUT2D eigenvalue weighted by Gasteiger charge is 2.72.